The van der Waals surface area contributed by atoms with E-state index >= 15 is 0 Å². The lowest BCUT2D eigenvalue weighted by Gasteiger charge is -2.22. The molecule has 0 aliphatic carbocycles. The van der Waals surface area contributed by atoms with Gasteiger partial charge < -0.3 is 15.2 Å². The van der Waals surface area contributed by atoms with Gasteiger partial charge in [-0.3, -0.25) is 4.79 Å². The molecule has 8 nitrogen and oxygen atoms in total. The largest absolute Gasteiger partial charge is 0.479 e. The van der Waals surface area contributed by atoms with Gasteiger partial charge in [0.2, 0.25) is 15.6 Å². The van der Waals surface area contributed by atoms with E-state index < -0.39 is 27.5 Å². The van der Waals surface area contributed by atoms with E-state index in [1.165, 1.54) is 20.2 Å². The number of benzene rings is 1. The van der Waals surface area contributed by atoms with Crippen molar-refractivity contribution in [1.82, 2.24) is 9.62 Å². The van der Waals surface area contributed by atoms with E-state index in [1.54, 1.807) is 18.2 Å². The average Bonchev–Trinajstić information content (AvgIpc) is 2.51. The predicted molar refractivity (Wildman–Crippen MR) is 82.2 cm³/mol. The third-order valence-electron chi connectivity index (χ3n) is 3.42. The molecule has 0 aliphatic rings. The summed E-state index contributed by atoms with van der Waals surface area (Å²) in [4.78, 5) is 23.2. The molecule has 1 unspecified atom stereocenters. The smallest absolute Gasteiger partial charge is 0.345 e. The van der Waals surface area contributed by atoms with Crippen LogP contribution in [0.2, 0.25) is 0 Å². The van der Waals surface area contributed by atoms with E-state index in [4.69, 9.17) is 9.84 Å². The van der Waals surface area contributed by atoms with E-state index in [1.807, 2.05) is 0 Å². The van der Waals surface area contributed by atoms with Crippen LogP contribution in [0.4, 0.5) is 0 Å². The number of aliphatic carboxylic acids is 1. The first kappa shape index (κ1) is 19.1. The summed E-state index contributed by atoms with van der Waals surface area (Å²) >= 11 is 0. The molecule has 1 aromatic rings. The van der Waals surface area contributed by atoms with Crippen molar-refractivity contribution in [3.8, 4) is 0 Å². The Morgan fingerprint density at radius 2 is 1.87 bits per heavy atom. The van der Waals surface area contributed by atoms with Crippen molar-refractivity contribution in [3.05, 3.63) is 29.8 Å². The van der Waals surface area contributed by atoms with Crippen LogP contribution in [0.5, 0.6) is 0 Å². The van der Waals surface area contributed by atoms with Crippen LogP contribution in [0.25, 0.3) is 0 Å². The number of rotatable bonds is 7. The number of ether oxygens (including phenoxy) is 1. The monoisotopic (exact) mass is 344 g/mol. The highest BCUT2D eigenvalue weighted by Crippen LogP contribution is 2.19. The van der Waals surface area contributed by atoms with E-state index in [9.17, 15) is 18.0 Å². The van der Waals surface area contributed by atoms with Crippen LogP contribution >= 0.6 is 0 Å². The number of hydrogen-bond acceptors (Lipinski definition) is 5. The van der Waals surface area contributed by atoms with Crippen LogP contribution in [0.3, 0.4) is 0 Å². The van der Waals surface area contributed by atoms with Crippen molar-refractivity contribution in [2.75, 3.05) is 21.2 Å². The number of nitrogens with zero attached hydrogens (tertiary/aromatic N) is 1. The van der Waals surface area contributed by atoms with Crippen molar-refractivity contribution in [3.63, 3.8) is 0 Å². The Labute approximate surface area is 135 Å². The molecule has 9 heteroatoms. The fourth-order valence-electron chi connectivity index (χ4n) is 1.72. The minimum Gasteiger partial charge on any atom is -0.479 e. The minimum absolute atomic E-state index is 0.0414. The molecule has 1 amide bonds. The maximum atomic E-state index is 12.3. The van der Waals surface area contributed by atoms with Crippen molar-refractivity contribution < 1.29 is 27.9 Å². The first-order valence-electron chi connectivity index (χ1n) is 6.64. The highest BCUT2D eigenvalue weighted by atomic mass is 32.2. The number of hydrogen-bond donors (Lipinski definition) is 2. The topological polar surface area (TPSA) is 113 Å². The van der Waals surface area contributed by atoms with Crippen molar-refractivity contribution in [2.45, 2.75) is 24.0 Å². The molecule has 1 rings (SSSR count). The molecule has 128 valence electrons. The number of methoxy groups -OCH3 is 1. The van der Waals surface area contributed by atoms with Gasteiger partial charge >= 0.3 is 5.97 Å². The summed E-state index contributed by atoms with van der Waals surface area (Å²) in [6, 6.07) is 6.16. The average molecular weight is 344 g/mol. The second-order valence-electron chi connectivity index (χ2n) is 5.12. The molecule has 0 spiro atoms. The summed E-state index contributed by atoms with van der Waals surface area (Å²) in [5, 5.41) is 11.5. The van der Waals surface area contributed by atoms with Gasteiger partial charge in [0.1, 0.15) is 0 Å². The highest BCUT2D eigenvalue weighted by molar-refractivity contribution is 7.89. The van der Waals surface area contributed by atoms with E-state index in [2.05, 4.69) is 5.32 Å². The van der Waals surface area contributed by atoms with Gasteiger partial charge in [0, 0.05) is 27.7 Å². The fraction of sp³-hybridized carbons (Fsp3) is 0.429. The Hall–Kier alpha value is -1.97. The second kappa shape index (κ2) is 7.07. The zero-order valence-corrected chi connectivity index (χ0v) is 14.2. The molecule has 0 aliphatic heterocycles. The van der Waals surface area contributed by atoms with Crippen LogP contribution in [-0.2, 0) is 30.9 Å². The lowest BCUT2D eigenvalue weighted by Crippen LogP contribution is -2.51. The predicted octanol–water partition coefficient (Wildman–Crippen LogP) is 0.0428. The van der Waals surface area contributed by atoms with E-state index in [-0.39, 0.29) is 11.4 Å². The van der Waals surface area contributed by atoms with E-state index in [0.29, 0.717) is 5.56 Å². The summed E-state index contributed by atoms with van der Waals surface area (Å²) in [6.07, 6.45) is 0. The maximum absolute atomic E-state index is 12.3. The van der Waals surface area contributed by atoms with Gasteiger partial charge in [-0.15, -0.1) is 0 Å². The molecule has 0 fully saturated rings. The van der Waals surface area contributed by atoms with E-state index in [0.717, 1.165) is 18.3 Å². The normalized spacial score (nSPS) is 14.3. The molecule has 1 atom stereocenters. The first-order valence-corrected chi connectivity index (χ1v) is 8.08. The Morgan fingerprint density at radius 3 is 2.35 bits per heavy atom. The summed E-state index contributed by atoms with van der Waals surface area (Å²) in [7, 11) is 0.231. The second-order valence-corrected chi connectivity index (χ2v) is 7.24. The molecule has 0 saturated carbocycles. The molecule has 23 heavy (non-hydrogen) atoms. The number of carboxylic acid groups (broad SMARTS) is 1. The molecule has 0 heterocycles. The van der Waals surface area contributed by atoms with Gasteiger partial charge in [-0.2, -0.15) is 0 Å². The summed E-state index contributed by atoms with van der Waals surface area (Å²) in [5.74, 6) is -2.31. The zero-order chi connectivity index (χ0) is 17.8. The molecule has 0 bridgehead atoms. The third-order valence-corrected chi connectivity index (χ3v) is 5.34. The van der Waals surface area contributed by atoms with Crippen LogP contribution in [0, 0.1) is 0 Å². The van der Waals surface area contributed by atoms with Crippen LogP contribution < -0.4 is 5.32 Å². The SMILES string of the molecule is COC(C)(C(=O)O)C(=O)NCc1ccccc1S(=O)(=O)N(C)C. The van der Waals surface area contributed by atoms with Crippen molar-refractivity contribution >= 4 is 21.9 Å². The van der Waals surface area contributed by atoms with Gasteiger partial charge in [-0.1, -0.05) is 18.2 Å². The molecule has 0 radical (unpaired) electrons. The summed E-state index contributed by atoms with van der Waals surface area (Å²) < 4.78 is 30.3. The molecule has 2 N–H and O–H groups in total. The lowest BCUT2D eigenvalue weighted by molar-refractivity contribution is -0.167. The Balaban J connectivity index is 3.05. The van der Waals surface area contributed by atoms with Crippen molar-refractivity contribution in [2.24, 2.45) is 0 Å². The fourth-order valence-corrected chi connectivity index (χ4v) is 2.83. The molecule has 1 aromatic carbocycles. The van der Waals surface area contributed by atoms with Gasteiger partial charge in [-0.05, 0) is 18.6 Å². The number of amides is 1. The maximum Gasteiger partial charge on any atom is 0.345 e. The summed E-state index contributed by atoms with van der Waals surface area (Å²) in [5.41, 5.74) is -1.70. The van der Waals surface area contributed by atoms with Crippen LogP contribution in [0.1, 0.15) is 12.5 Å². The highest BCUT2D eigenvalue weighted by Gasteiger charge is 2.41. The van der Waals surface area contributed by atoms with Crippen LogP contribution in [0.15, 0.2) is 29.2 Å². The first-order chi connectivity index (χ1) is 10.6. The van der Waals surface area contributed by atoms with Gasteiger partial charge in [-0.25, -0.2) is 17.5 Å². The Kier molecular flexibility index (Phi) is 5.86. The molecular formula is C14H20N2O6S. The minimum atomic E-state index is -3.68. The number of carboxylic acids is 1. The molecular weight excluding hydrogens is 324 g/mol. The van der Waals surface area contributed by atoms with Crippen molar-refractivity contribution in [1.29, 1.82) is 0 Å². The standard InChI is InChI=1S/C14H20N2O6S/c1-14(22-4,13(18)19)12(17)15-9-10-7-5-6-8-11(10)23(20,21)16(2)3/h5-8H,9H2,1-4H3,(H,15,17)(H,18,19). The molecule has 0 saturated heterocycles. The third kappa shape index (κ3) is 3.87. The number of sulfonamides is 1. The van der Waals surface area contributed by atoms with Crippen LogP contribution in [-0.4, -0.2) is 56.5 Å². The zero-order valence-electron chi connectivity index (χ0n) is 13.4. The van der Waals surface area contributed by atoms with Gasteiger partial charge in [0.15, 0.2) is 0 Å². The quantitative estimate of drug-likeness (QED) is 0.676. The number of nitrogens with one attached hydrogen (secondary N) is 1. The van der Waals surface area contributed by atoms with Gasteiger partial charge in [0.05, 0.1) is 4.90 Å². The number of carbonyl (C=O) groups excluding carboxylic acids is 1. The number of carbonyl (C=O) groups is 2. The Bertz CT molecular complexity index is 701. The summed E-state index contributed by atoms with van der Waals surface area (Å²) in [6.45, 7) is 0.974. The Morgan fingerprint density at radius 1 is 1.30 bits per heavy atom. The van der Waals surface area contributed by atoms with Gasteiger partial charge in [0.25, 0.3) is 5.91 Å². The molecule has 0 aromatic heterocycles. The lowest BCUT2D eigenvalue weighted by atomic mass is 10.1.